The first-order chi connectivity index (χ1) is 5.11. The molecule has 0 spiro atoms. The van der Waals surface area contributed by atoms with Crippen molar-refractivity contribution in [2.24, 2.45) is 5.92 Å². The maximum Gasteiger partial charge on any atom is 0.319 e. The van der Waals surface area contributed by atoms with Crippen LogP contribution in [0, 0.1) is 5.92 Å². The average molecular weight is 156 g/mol. The molecule has 0 radical (unpaired) electrons. The van der Waals surface area contributed by atoms with Crippen LogP contribution in [0.2, 0.25) is 0 Å². The Labute approximate surface area is 68.0 Å². The van der Waals surface area contributed by atoms with Gasteiger partial charge >= 0.3 is 6.03 Å². The van der Waals surface area contributed by atoms with E-state index < -0.39 is 0 Å². The van der Waals surface area contributed by atoms with Crippen LogP contribution in [0.4, 0.5) is 4.79 Å². The maximum atomic E-state index is 11.3. The Kier molecular flexibility index (Phi) is 2.37. The van der Waals surface area contributed by atoms with Gasteiger partial charge in [0.15, 0.2) is 0 Å². The second kappa shape index (κ2) is 3.11. The van der Waals surface area contributed by atoms with Crippen LogP contribution in [0.15, 0.2) is 0 Å². The molecule has 0 bridgehead atoms. The highest BCUT2D eigenvalue weighted by Gasteiger charge is 2.23. The fourth-order valence-corrected chi connectivity index (χ4v) is 1.39. The second-order valence-electron chi connectivity index (χ2n) is 3.52. The van der Waals surface area contributed by atoms with Gasteiger partial charge in [-0.1, -0.05) is 6.92 Å². The molecule has 1 saturated heterocycles. The molecular weight excluding hydrogens is 140 g/mol. The number of hydrogen-bond donors (Lipinski definition) is 0. The van der Waals surface area contributed by atoms with Gasteiger partial charge in [0.1, 0.15) is 0 Å². The van der Waals surface area contributed by atoms with Gasteiger partial charge in [0, 0.05) is 27.2 Å². The van der Waals surface area contributed by atoms with E-state index in [9.17, 15) is 4.79 Å². The quantitative estimate of drug-likeness (QED) is 0.513. The number of carbonyl (C=O) groups is 1. The molecule has 1 unspecified atom stereocenters. The molecule has 1 heterocycles. The topological polar surface area (TPSA) is 23.6 Å². The van der Waals surface area contributed by atoms with Crippen molar-refractivity contribution in [1.82, 2.24) is 9.80 Å². The van der Waals surface area contributed by atoms with E-state index in [1.165, 1.54) is 0 Å². The lowest BCUT2D eigenvalue weighted by Gasteiger charge is -2.20. The van der Waals surface area contributed by atoms with E-state index in [0.29, 0.717) is 5.92 Å². The molecule has 1 aliphatic heterocycles. The van der Waals surface area contributed by atoms with Crippen molar-refractivity contribution in [2.45, 2.75) is 13.3 Å². The van der Waals surface area contributed by atoms with E-state index in [4.69, 9.17) is 0 Å². The summed E-state index contributed by atoms with van der Waals surface area (Å²) in [5.74, 6) is 0.680. The second-order valence-corrected chi connectivity index (χ2v) is 3.52. The molecule has 1 atom stereocenters. The predicted octanol–water partition coefficient (Wildman–Crippen LogP) is 1.01. The Morgan fingerprint density at radius 1 is 1.55 bits per heavy atom. The molecule has 1 rings (SSSR count). The molecule has 0 N–H and O–H groups in total. The van der Waals surface area contributed by atoms with E-state index in [-0.39, 0.29) is 6.03 Å². The molecule has 3 heteroatoms. The first-order valence-corrected chi connectivity index (χ1v) is 4.07. The van der Waals surface area contributed by atoms with E-state index in [2.05, 4.69) is 6.92 Å². The van der Waals surface area contributed by atoms with Gasteiger partial charge in [-0.15, -0.1) is 0 Å². The standard InChI is InChI=1S/C8H16N2O/c1-7-4-5-10(6-7)8(11)9(2)3/h7H,4-6H2,1-3H3. The van der Waals surface area contributed by atoms with Gasteiger partial charge in [-0.3, -0.25) is 0 Å². The summed E-state index contributed by atoms with van der Waals surface area (Å²) in [5, 5.41) is 0. The molecular formula is C8H16N2O. The Morgan fingerprint density at radius 3 is 2.55 bits per heavy atom. The maximum absolute atomic E-state index is 11.3. The lowest BCUT2D eigenvalue weighted by Crippen LogP contribution is -2.37. The van der Waals surface area contributed by atoms with Crippen molar-refractivity contribution in [2.75, 3.05) is 27.2 Å². The van der Waals surface area contributed by atoms with Gasteiger partial charge in [-0.25, -0.2) is 4.79 Å². The molecule has 0 aliphatic carbocycles. The normalized spacial score (nSPS) is 23.9. The van der Waals surface area contributed by atoms with Crippen LogP contribution in [0.25, 0.3) is 0 Å². The summed E-state index contributed by atoms with van der Waals surface area (Å²) < 4.78 is 0. The summed E-state index contributed by atoms with van der Waals surface area (Å²) in [5.41, 5.74) is 0. The highest BCUT2D eigenvalue weighted by Crippen LogP contribution is 2.15. The number of hydrogen-bond acceptors (Lipinski definition) is 1. The van der Waals surface area contributed by atoms with Crippen molar-refractivity contribution >= 4 is 6.03 Å². The van der Waals surface area contributed by atoms with Crippen molar-refractivity contribution in [1.29, 1.82) is 0 Å². The zero-order valence-corrected chi connectivity index (χ0v) is 7.50. The third-order valence-corrected chi connectivity index (χ3v) is 2.08. The summed E-state index contributed by atoms with van der Waals surface area (Å²) in [6.07, 6.45) is 1.15. The summed E-state index contributed by atoms with van der Waals surface area (Å²) in [7, 11) is 3.59. The van der Waals surface area contributed by atoms with Gasteiger partial charge < -0.3 is 9.80 Å². The van der Waals surface area contributed by atoms with Gasteiger partial charge in [0.25, 0.3) is 0 Å². The molecule has 3 nitrogen and oxygen atoms in total. The summed E-state index contributed by atoms with van der Waals surface area (Å²) in [6.45, 7) is 4.04. The van der Waals surface area contributed by atoms with E-state index >= 15 is 0 Å². The fraction of sp³-hybridized carbons (Fsp3) is 0.875. The molecule has 0 aromatic carbocycles. The van der Waals surface area contributed by atoms with Crippen LogP contribution >= 0.6 is 0 Å². The predicted molar refractivity (Wildman–Crippen MR) is 44.4 cm³/mol. The Balaban J connectivity index is 2.43. The number of urea groups is 1. The molecule has 2 amide bonds. The molecule has 64 valence electrons. The molecule has 1 aliphatic rings. The van der Waals surface area contributed by atoms with Crippen LogP contribution < -0.4 is 0 Å². The van der Waals surface area contributed by atoms with Gasteiger partial charge in [0.2, 0.25) is 0 Å². The number of rotatable bonds is 0. The highest BCUT2D eigenvalue weighted by atomic mass is 16.2. The minimum atomic E-state index is 0.148. The zero-order valence-electron chi connectivity index (χ0n) is 7.50. The highest BCUT2D eigenvalue weighted by molar-refractivity contribution is 5.74. The van der Waals surface area contributed by atoms with Gasteiger partial charge in [-0.2, -0.15) is 0 Å². The minimum Gasteiger partial charge on any atom is -0.331 e. The SMILES string of the molecule is CC1CCN(C(=O)N(C)C)C1. The van der Waals surface area contributed by atoms with Crippen LogP contribution in [-0.2, 0) is 0 Å². The Bertz CT molecular complexity index is 156. The van der Waals surface area contributed by atoms with Crippen molar-refractivity contribution in [3.05, 3.63) is 0 Å². The Hall–Kier alpha value is -0.730. The third-order valence-electron chi connectivity index (χ3n) is 2.08. The molecule has 1 fully saturated rings. The van der Waals surface area contributed by atoms with Crippen LogP contribution in [0.3, 0.4) is 0 Å². The molecule has 11 heavy (non-hydrogen) atoms. The van der Waals surface area contributed by atoms with Crippen molar-refractivity contribution in [3.63, 3.8) is 0 Å². The molecule has 0 aromatic heterocycles. The van der Waals surface area contributed by atoms with E-state index in [0.717, 1.165) is 19.5 Å². The van der Waals surface area contributed by atoms with Crippen LogP contribution in [0.5, 0.6) is 0 Å². The summed E-state index contributed by atoms with van der Waals surface area (Å²) in [4.78, 5) is 14.9. The van der Waals surface area contributed by atoms with Crippen molar-refractivity contribution < 1.29 is 4.79 Å². The monoisotopic (exact) mass is 156 g/mol. The molecule has 0 aromatic rings. The lowest BCUT2D eigenvalue weighted by atomic mass is 10.2. The minimum absolute atomic E-state index is 0.148. The largest absolute Gasteiger partial charge is 0.331 e. The first-order valence-electron chi connectivity index (χ1n) is 4.07. The number of amides is 2. The van der Waals surface area contributed by atoms with Crippen LogP contribution in [-0.4, -0.2) is 43.0 Å². The van der Waals surface area contributed by atoms with Crippen LogP contribution in [0.1, 0.15) is 13.3 Å². The summed E-state index contributed by atoms with van der Waals surface area (Å²) in [6, 6.07) is 0.148. The van der Waals surface area contributed by atoms with Crippen molar-refractivity contribution in [3.8, 4) is 0 Å². The number of carbonyl (C=O) groups excluding carboxylic acids is 1. The number of likely N-dealkylation sites (tertiary alicyclic amines) is 1. The smallest absolute Gasteiger partial charge is 0.319 e. The van der Waals surface area contributed by atoms with E-state index in [1.807, 2.05) is 4.90 Å². The third kappa shape index (κ3) is 1.85. The van der Waals surface area contributed by atoms with E-state index in [1.54, 1.807) is 19.0 Å². The Morgan fingerprint density at radius 2 is 2.18 bits per heavy atom. The fourth-order valence-electron chi connectivity index (χ4n) is 1.39. The zero-order chi connectivity index (χ0) is 8.43. The van der Waals surface area contributed by atoms with Gasteiger partial charge in [0.05, 0.1) is 0 Å². The number of nitrogens with zero attached hydrogens (tertiary/aromatic N) is 2. The summed E-state index contributed by atoms with van der Waals surface area (Å²) >= 11 is 0. The average Bonchev–Trinajstić information content (AvgIpc) is 2.34. The lowest BCUT2D eigenvalue weighted by molar-refractivity contribution is 0.180. The first kappa shape index (κ1) is 8.37. The molecule has 0 saturated carbocycles. The van der Waals surface area contributed by atoms with Gasteiger partial charge in [-0.05, 0) is 12.3 Å².